The zero-order valence-electron chi connectivity index (χ0n) is 10.9. The summed E-state index contributed by atoms with van der Waals surface area (Å²) in [5.74, 6) is 0.990. The fraction of sp³-hybridized carbons (Fsp3) is 0.500. The molecule has 0 spiro atoms. The second-order valence-corrected chi connectivity index (χ2v) is 3.99. The van der Waals surface area contributed by atoms with Crippen LogP contribution in [0.25, 0.3) is 0 Å². The first-order valence-corrected chi connectivity index (χ1v) is 5.78. The molecule has 0 saturated carbocycles. The predicted octanol–water partition coefficient (Wildman–Crippen LogP) is 0.179. The Balaban J connectivity index is 2.80. The lowest BCUT2D eigenvalue weighted by Gasteiger charge is -2.17. The van der Waals surface area contributed by atoms with Crippen LogP contribution in [0.1, 0.15) is 13.3 Å². The fourth-order valence-corrected chi connectivity index (χ4v) is 1.52. The normalized spacial score (nSPS) is 12.1. The summed E-state index contributed by atoms with van der Waals surface area (Å²) in [4.78, 5) is 0. The minimum atomic E-state index is -1.59. The summed E-state index contributed by atoms with van der Waals surface area (Å²) in [6, 6.07) is 4.92. The molecule has 0 aliphatic rings. The van der Waals surface area contributed by atoms with Crippen LogP contribution < -0.4 is 14.9 Å². The van der Waals surface area contributed by atoms with E-state index in [1.165, 1.54) is 7.11 Å². The van der Waals surface area contributed by atoms with E-state index < -0.39 is 7.12 Å². The molecule has 5 nitrogen and oxygen atoms in total. The summed E-state index contributed by atoms with van der Waals surface area (Å²) in [5, 5.41) is 18.6. The van der Waals surface area contributed by atoms with Gasteiger partial charge in [-0.1, -0.05) is 0 Å². The van der Waals surface area contributed by atoms with Crippen molar-refractivity contribution >= 4 is 12.6 Å². The van der Waals surface area contributed by atoms with Crippen LogP contribution in [0, 0.1) is 0 Å². The molecule has 18 heavy (non-hydrogen) atoms. The van der Waals surface area contributed by atoms with Crippen molar-refractivity contribution < 1.29 is 24.3 Å². The minimum absolute atomic E-state index is 0.0733. The van der Waals surface area contributed by atoms with Crippen molar-refractivity contribution in [1.82, 2.24) is 0 Å². The molecule has 1 aromatic rings. The van der Waals surface area contributed by atoms with Crippen molar-refractivity contribution in [3.8, 4) is 11.5 Å². The third kappa shape index (κ3) is 4.21. The highest BCUT2D eigenvalue weighted by molar-refractivity contribution is 6.59. The predicted molar refractivity (Wildman–Crippen MR) is 69.4 cm³/mol. The van der Waals surface area contributed by atoms with Crippen LogP contribution in [-0.2, 0) is 4.74 Å². The molecule has 1 aromatic carbocycles. The number of rotatable bonds is 7. The Hall–Kier alpha value is -1.24. The standard InChI is InChI=1S/C12H19BO5/c1-9(6-7-16-2)18-12-5-4-10(17-3)8-11(12)13(14)15/h4-5,8-9,14-15H,6-7H2,1-3H3. The van der Waals surface area contributed by atoms with Gasteiger partial charge in [0.15, 0.2) is 0 Å². The third-order valence-corrected chi connectivity index (χ3v) is 2.55. The lowest BCUT2D eigenvalue weighted by Crippen LogP contribution is -2.32. The van der Waals surface area contributed by atoms with E-state index in [-0.39, 0.29) is 6.10 Å². The highest BCUT2D eigenvalue weighted by atomic mass is 16.5. The molecule has 0 saturated heterocycles. The van der Waals surface area contributed by atoms with Gasteiger partial charge in [0.25, 0.3) is 0 Å². The van der Waals surface area contributed by atoms with Gasteiger partial charge in [-0.2, -0.15) is 0 Å². The van der Waals surface area contributed by atoms with Gasteiger partial charge in [0.05, 0.1) is 13.2 Å². The number of ether oxygens (including phenoxy) is 3. The minimum Gasteiger partial charge on any atom is -0.497 e. The smallest absolute Gasteiger partial charge is 0.492 e. The Morgan fingerprint density at radius 2 is 2.00 bits per heavy atom. The molecule has 0 fully saturated rings. The second-order valence-electron chi connectivity index (χ2n) is 3.99. The van der Waals surface area contributed by atoms with E-state index in [1.807, 2.05) is 6.92 Å². The first kappa shape index (κ1) is 14.8. The Bertz CT molecular complexity index is 369. The van der Waals surface area contributed by atoms with E-state index in [0.29, 0.717) is 23.6 Å². The fourth-order valence-electron chi connectivity index (χ4n) is 1.52. The van der Waals surface area contributed by atoms with Gasteiger partial charge in [-0.3, -0.25) is 0 Å². The zero-order chi connectivity index (χ0) is 13.5. The highest BCUT2D eigenvalue weighted by Gasteiger charge is 2.19. The van der Waals surface area contributed by atoms with Crippen molar-refractivity contribution in [1.29, 1.82) is 0 Å². The van der Waals surface area contributed by atoms with Gasteiger partial charge < -0.3 is 24.3 Å². The molecule has 0 aliphatic carbocycles. The summed E-state index contributed by atoms with van der Waals surface area (Å²) < 4.78 is 15.7. The third-order valence-electron chi connectivity index (χ3n) is 2.55. The lowest BCUT2D eigenvalue weighted by molar-refractivity contribution is 0.135. The first-order chi connectivity index (χ1) is 8.58. The largest absolute Gasteiger partial charge is 0.497 e. The van der Waals surface area contributed by atoms with Gasteiger partial charge in [-0.25, -0.2) is 0 Å². The van der Waals surface area contributed by atoms with Crippen LogP contribution in [0.2, 0.25) is 0 Å². The molecular weight excluding hydrogens is 235 g/mol. The lowest BCUT2D eigenvalue weighted by atomic mass is 9.79. The van der Waals surface area contributed by atoms with E-state index in [9.17, 15) is 10.0 Å². The van der Waals surface area contributed by atoms with Crippen LogP contribution in [-0.4, -0.2) is 44.1 Å². The van der Waals surface area contributed by atoms with Crippen LogP contribution in [0.4, 0.5) is 0 Å². The van der Waals surface area contributed by atoms with Crippen molar-refractivity contribution in [2.45, 2.75) is 19.4 Å². The molecule has 0 amide bonds. The summed E-state index contributed by atoms with van der Waals surface area (Å²) >= 11 is 0. The van der Waals surface area contributed by atoms with Gasteiger partial charge in [-0.15, -0.1) is 0 Å². The van der Waals surface area contributed by atoms with Gasteiger partial charge in [0.2, 0.25) is 0 Å². The van der Waals surface area contributed by atoms with E-state index in [1.54, 1.807) is 25.3 Å². The summed E-state index contributed by atoms with van der Waals surface area (Å²) in [7, 11) is 1.55. The highest BCUT2D eigenvalue weighted by Crippen LogP contribution is 2.17. The molecule has 100 valence electrons. The van der Waals surface area contributed by atoms with Crippen molar-refractivity contribution in [3.05, 3.63) is 18.2 Å². The molecule has 0 heterocycles. The Kier molecular flexibility index (Phi) is 5.98. The number of methoxy groups -OCH3 is 2. The number of benzene rings is 1. The Labute approximate surface area is 107 Å². The number of hydrogen-bond donors (Lipinski definition) is 2. The van der Waals surface area contributed by atoms with Crippen LogP contribution in [0.5, 0.6) is 11.5 Å². The van der Waals surface area contributed by atoms with E-state index in [2.05, 4.69) is 0 Å². The quantitative estimate of drug-likeness (QED) is 0.679. The first-order valence-electron chi connectivity index (χ1n) is 5.78. The second kappa shape index (κ2) is 7.26. The van der Waals surface area contributed by atoms with Crippen LogP contribution >= 0.6 is 0 Å². The molecule has 1 unspecified atom stereocenters. The summed E-state index contributed by atoms with van der Waals surface area (Å²) in [6.45, 7) is 2.49. The molecule has 6 heteroatoms. The molecule has 1 rings (SSSR count). The van der Waals surface area contributed by atoms with Gasteiger partial charge in [0.1, 0.15) is 11.5 Å². The molecule has 0 aromatic heterocycles. The molecular formula is C12H19BO5. The van der Waals surface area contributed by atoms with E-state index in [0.717, 1.165) is 6.42 Å². The monoisotopic (exact) mass is 254 g/mol. The summed E-state index contributed by atoms with van der Waals surface area (Å²) in [6.07, 6.45) is 0.652. The molecule has 2 N–H and O–H groups in total. The SMILES string of the molecule is COCCC(C)Oc1ccc(OC)cc1B(O)O. The van der Waals surface area contributed by atoms with Crippen molar-refractivity contribution in [2.24, 2.45) is 0 Å². The van der Waals surface area contributed by atoms with E-state index >= 15 is 0 Å². The molecule has 0 bridgehead atoms. The average Bonchev–Trinajstić information content (AvgIpc) is 2.36. The van der Waals surface area contributed by atoms with Crippen LogP contribution in [0.15, 0.2) is 18.2 Å². The maximum absolute atomic E-state index is 9.31. The van der Waals surface area contributed by atoms with Crippen molar-refractivity contribution in [3.63, 3.8) is 0 Å². The maximum Gasteiger partial charge on any atom is 0.492 e. The van der Waals surface area contributed by atoms with Gasteiger partial charge in [0, 0.05) is 25.6 Å². The Morgan fingerprint density at radius 1 is 1.28 bits per heavy atom. The number of hydrogen-bond acceptors (Lipinski definition) is 5. The zero-order valence-corrected chi connectivity index (χ0v) is 10.9. The summed E-state index contributed by atoms with van der Waals surface area (Å²) in [5.41, 5.74) is 0.290. The van der Waals surface area contributed by atoms with E-state index in [4.69, 9.17) is 14.2 Å². The van der Waals surface area contributed by atoms with Gasteiger partial charge >= 0.3 is 7.12 Å². The van der Waals surface area contributed by atoms with Gasteiger partial charge in [-0.05, 0) is 25.1 Å². The maximum atomic E-state index is 9.31. The van der Waals surface area contributed by atoms with Crippen molar-refractivity contribution in [2.75, 3.05) is 20.8 Å². The topological polar surface area (TPSA) is 68.2 Å². The molecule has 0 aliphatic heterocycles. The average molecular weight is 254 g/mol. The molecule has 0 radical (unpaired) electrons. The van der Waals surface area contributed by atoms with Crippen LogP contribution in [0.3, 0.4) is 0 Å². The molecule has 1 atom stereocenters. The Morgan fingerprint density at radius 3 is 2.56 bits per heavy atom.